The summed E-state index contributed by atoms with van der Waals surface area (Å²) in [6.45, 7) is 1.72. The lowest BCUT2D eigenvalue weighted by atomic mass is 10.2. The molecule has 1 atom stereocenters. The van der Waals surface area contributed by atoms with E-state index in [0.29, 0.717) is 5.75 Å². The fraction of sp³-hybridized carbons (Fsp3) is 0.222. The maximum atomic E-state index is 11.2. The van der Waals surface area contributed by atoms with Crippen LogP contribution in [0.5, 0.6) is 5.75 Å². The van der Waals surface area contributed by atoms with E-state index in [9.17, 15) is 4.79 Å². The summed E-state index contributed by atoms with van der Waals surface area (Å²) in [6, 6.07) is 5.51. The van der Waals surface area contributed by atoms with Gasteiger partial charge in [-0.15, -0.1) is 0 Å². The number of fused-ring (bicyclic) bond motifs is 1. The van der Waals surface area contributed by atoms with Gasteiger partial charge < -0.3 is 10.1 Å². The fourth-order valence-corrected chi connectivity index (χ4v) is 1.52. The summed E-state index contributed by atoms with van der Waals surface area (Å²) in [5, 5.41) is 2.75. The molecule has 0 saturated carbocycles. The zero-order valence-corrected chi connectivity index (χ0v) is 8.59. The molecule has 1 aliphatic heterocycles. The highest BCUT2D eigenvalue weighted by atomic mass is 79.9. The van der Waals surface area contributed by atoms with Crippen LogP contribution in [-0.4, -0.2) is 12.0 Å². The molecule has 0 bridgehead atoms. The maximum Gasteiger partial charge on any atom is 0.265 e. The van der Waals surface area contributed by atoms with Gasteiger partial charge in [0.2, 0.25) is 0 Å². The van der Waals surface area contributed by atoms with Gasteiger partial charge in [-0.3, -0.25) is 4.79 Å². The minimum Gasteiger partial charge on any atom is -0.479 e. The van der Waals surface area contributed by atoms with Crippen molar-refractivity contribution in [3.8, 4) is 5.75 Å². The molecule has 13 heavy (non-hydrogen) atoms. The molecule has 2 rings (SSSR count). The summed E-state index contributed by atoms with van der Waals surface area (Å²) in [5.41, 5.74) is 0.728. The van der Waals surface area contributed by atoms with E-state index < -0.39 is 6.10 Å². The van der Waals surface area contributed by atoms with Crippen molar-refractivity contribution in [3.63, 3.8) is 0 Å². The summed E-state index contributed by atoms with van der Waals surface area (Å²) >= 11 is 3.33. The minimum atomic E-state index is -0.415. The van der Waals surface area contributed by atoms with Gasteiger partial charge >= 0.3 is 0 Å². The molecular formula is C9H8BrNO2. The van der Waals surface area contributed by atoms with E-state index in [1.54, 1.807) is 6.92 Å². The first kappa shape index (κ1) is 8.56. The molecule has 68 valence electrons. The number of rotatable bonds is 0. The van der Waals surface area contributed by atoms with E-state index in [0.717, 1.165) is 10.2 Å². The topological polar surface area (TPSA) is 38.3 Å². The first-order valence-electron chi connectivity index (χ1n) is 3.94. The minimum absolute atomic E-state index is 0.102. The van der Waals surface area contributed by atoms with Crippen LogP contribution in [0.4, 0.5) is 5.69 Å². The zero-order chi connectivity index (χ0) is 9.42. The van der Waals surface area contributed by atoms with Gasteiger partial charge in [0.25, 0.3) is 5.91 Å². The van der Waals surface area contributed by atoms with Gasteiger partial charge in [-0.1, -0.05) is 15.9 Å². The van der Waals surface area contributed by atoms with E-state index in [1.165, 1.54) is 0 Å². The van der Waals surface area contributed by atoms with Crippen LogP contribution >= 0.6 is 15.9 Å². The Bertz CT molecular complexity index is 365. The van der Waals surface area contributed by atoms with Crippen LogP contribution in [0.1, 0.15) is 6.92 Å². The summed E-state index contributed by atoms with van der Waals surface area (Å²) in [4.78, 5) is 11.2. The average Bonchev–Trinajstić information content (AvgIpc) is 2.08. The van der Waals surface area contributed by atoms with E-state index in [2.05, 4.69) is 21.2 Å². The third-order valence-corrected chi connectivity index (χ3v) is 2.37. The smallest absolute Gasteiger partial charge is 0.265 e. The van der Waals surface area contributed by atoms with Crippen molar-refractivity contribution in [2.24, 2.45) is 0 Å². The number of hydrogen-bond donors (Lipinski definition) is 1. The number of carbonyl (C=O) groups is 1. The van der Waals surface area contributed by atoms with Gasteiger partial charge in [-0.25, -0.2) is 0 Å². The predicted molar refractivity (Wildman–Crippen MR) is 52.9 cm³/mol. The van der Waals surface area contributed by atoms with E-state index in [4.69, 9.17) is 4.74 Å². The summed E-state index contributed by atoms with van der Waals surface area (Å²) < 4.78 is 6.32. The molecule has 0 unspecified atom stereocenters. The Morgan fingerprint density at radius 2 is 2.31 bits per heavy atom. The van der Waals surface area contributed by atoms with Gasteiger partial charge in [0.05, 0.1) is 5.69 Å². The molecule has 4 heteroatoms. The molecule has 1 aromatic rings. The van der Waals surface area contributed by atoms with Crippen molar-refractivity contribution in [1.82, 2.24) is 0 Å². The van der Waals surface area contributed by atoms with Crippen LogP contribution in [0.2, 0.25) is 0 Å². The van der Waals surface area contributed by atoms with Gasteiger partial charge in [0.15, 0.2) is 6.10 Å². The zero-order valence-electron chi connectivity index (χ0n) is 7.00. The number of carbonyl (C=O) groups excluding carboxylic acids is 1. The molecule has 1 aliphatic rings. The molecular weight excluding hydrogens is 234 g/mol. The van der Waals surface area contributed by atoms with Crippen LogP contribution in [-0.2, 0) is 4.79 Å². The molecule has 1 heterocycles. The van der Waals surface area contributed by atoms with Crippen molar-refractivity contribution >= 4 is 27.5 Å². The second-order valence-electron chi connectivity index (χ2n) is 2.89. The number of hydrogen-bond acceptors (Lipinski definition) is 2. The van der Waals surface area contributed by atoms with Gasteiger partial charge in [-0.2, -0.15) is 0 Å². The van der Waals surface area contributed by atoms with Crippen molar-refractivity contribution in [2.45, 2.75) is 13.0 Å². The summed E-state index contributed by atoms with van der Waals surface area (Å²) in [6.07, 6.45) is -0.415. The molecule has 3 nitrogen and oxygen atoms in total. The SMILES string of the molecule is C[C@H]1Oc2cc(Br)ccc2NC1=O. The Kier molecular flexibility index (Phi) is 2.00. The first-order chi connectivity index (χ1) is 6.16. The Hall–Kier alpha value is -1.03. The van der Waals surface area contributed by atoms with E-state index >= 15 is 0 Å². The average molecular weight is 242 g/mol. The lowest BCUT2D eigenvalue weighted by molar-refractivity contribution is -0.122. The van der Waals surface area contributed by atoms with Crippen molar-refractivity contribution in [2.75, 3.05) is 5.32 Å². The highest BCUT2D eigenvalue weighted by Gasteiger charge is 2.22. The largest absolute Gasteiger partial charge is 0.479 e. The highest BCUT2D eigenvalue weighted by Crippen LogP contribution is 2.31. The van der Waals surface area contributed by atoms with E-state index in [-0.39, 0.29) is 5.91 Å². The lowest BCUT2D eigenvalue weighted by Crippen LogP contribution is -2.34. The summed E-state index contributed by atoms with van der Waals surface area (Å²) in [5.74, 6) is 0.608. The molecule has 0 fully saturated rings. The Balaban J connectivity index is 2.42. The molecule has 1 aromatic carbocycles. The van der Waals surface area contributed by atoms with Crippen LogP contribution in [0.25, 0.3) is 0 Å². The molecule has 0 aromatic heterocycles. The Morgan fingerprint density at radius 1 is 1.54 bits per heavy atom. The number of nitrogens with one attached hydrogen (secondary N) is 1. The van der Waals surface area contributed by atoms with Gasteiger partial charge in [0, 0.05) is 4.47 Å². The normalized spacial score (nSPS) is 20.2. The highest BCUT2D eigenvalue weighted by molar-refractivity contribution is 9.10. The fourth-order valence-electron chi connectivity index (χ4n) is 1.18. The lowest BCUT2D eigenvalue weighted by Gasteiger charge is -2.23. The molecule has 0 spiro atoms. The quantitative estimate of drug-likeness (QED) is 0.757. The van der Waals surface area contributed by atoms with Crippen molar-refractivity contribution < 1.29 is 9.53 Å². The van der Waals surface area contributed by atoms with Gasteiger partial charge in [0.1, 0.15) is 5.75 Å². The Labute approximate surface area is 84.2 Å². The van der Waals surface area contributed by atoms with Crippen LogP contribution in [0.3, 0.4) is 0 Å². The first-order valence-corrected chi connectivity index (χ1v) is 4.73. The standard InChI is InChI=1S/C9H8BrNO2/c1-5-9(12)11-7-3-2-6(10)4-8(7)13-5/h2-5H,1H3,(H,11,12)/t5-/m1/s1. The number of anilines is 1. The second kappa shape index (κ2) is 3.03. The van der Waals surface area contributed by atoms with E-state index in [1.807, 2.05) is 18.2 Å². The number of amides is 1. The number of ether oxygens (including phenoxy) is 1. The van der Waals surface area contributed by atoms with Crippen molar-refractivity contribution in [1.29, 1.82) is 0 Å². The monoisotopic (exact) mass is 241 g/mol. The number of benzene rings is 1. The van der Waals surface area contributed by atoms with Crippen LogP contribution in [0.15, 0.2) is 22.7 Å². The summed E-state index contributed by atoms with van der Waals surface area (Å²) in [7, 11) is 0. The third-order valence-electron chi connectivity index (χ3n) is 1.87. The molecule has 0 saturated heterocycles. The van der Waals surface area contributed by atoms with Gasteiger partial charge in [-0.05, 0) is 25.1 Å². The Morgan fingerprint density at radius 3 is 3.08 bits per heavy atom. The number of halogens is 1. The maximum absolute atomic E-state index is 11.2. The predicted octanol–water partition coefficient (Wildman–Crippen LogP) is 2.17. The van der Waals surface area contributed by atoms with Crippen LogP contribution < -0.4 is 10.1 Å². The van der Waals surface area contributed by atoms with Crippen LogP contribution in [0, 0.1) is 0 Å². The molecule has 1 N–H and O–H groups in total. The molecule has 1 amide bonds. The second-order valence-corrected chi connectivity index (χ2v) is 3.81. The molecule has 0 radical (unpaired) electrons. The van der Waals surface area contributed by atoms with Crippen molar-refractivity contribution in [3.05, 3.63) is 22.7 Å². The molecule has 0 aliphatic carbocycles. The third kappa shape index (κ3) is 1.54.